The topological polar surface area (TPSA) is 111 Å². The van der Waals surface area contributed by atoms with Gasteiger partial charge in [-0.3, -0.25) is 9.59 Å². The van der Waals surface area contributed by atoms with Crippen molar-refractivity contribution in [3.63, 3.8) is 0 Å². The Bertz CT molecular complexity index is 1100. The molecule has 0 radical (unpaired) electrons. The van der Waals surface area contributed by atoms with Crippen LogP contribution in [0.4, 0.5) is 0 Å². The summed E-state index contributed by atoms with van der Waals surface area (Å²) in [5.74, 6) is -3.27. The molecule has 4 rings (SSSR count). The SMILES string of the molecule is COC(=O)[C@H]1C(=O)C2=C(C[C@H]1C)NC(C)=C(C(=O)OC1CCCCC1)[C@H]2c1ccc(O)c(OC)c1. The number of carbonyl (C=O) groups excluding carboxylic acids is 3. The lowest BCUT2D eigenvalue weighted by molar-refractivity contribution is -0.151. The van der Waals surface area contributed by atoms with E-state index in [9.17, 15) is 19.5 Å². The van der Waals surface area contributed by atoms with Crippen molar-refractivity contribution in [2.24, 2.45) is 11.8 Å². The molecule has 1 aromatic rings. The van der Waals surface area contributed by atoms with Crippen LogP contribution >= 0.6 is 0 Å². The fraction of sp³-hybridized carbons (Fsp3) is 0.519. The van der Waals surface area contributed by atoms with Gasteiger partial charge >= 0.3 is 11.9 Å². The summed E-state index contributed by atoms with van der Waals surface area (Å²) in [5.41, 5.74) is 2.57. The number of methoxy groups -OCH3 is 2. The van der Waals surface area contributed by atoms with Gasteiger partial charge in [-0.05, 0) is 62.6 Å². The predicted octanol–water partition coefficient (Wildman–Crippen LogP) is 3.89. The summed E-state index contributed by atoms with van der Waals surface area (Å²) in [5, 5.41) is 13.4. The molecule has 3 aliphatic rings. The number of allylic oxidation sites excluding steroid dienone is 3. The van der Waals surface area contributed by atoms with Crippen LogP contribution in [0.5, 0.6) is 11.5 Å². The van der Waals surface area contributed by atoms with E-state index in [1.165, 1.54) is 20.3 Å². The molecule has 0 spiro atoms. The molecule has 3 atom stereocenters. The predicted molar refractivity (Wildman–Crippen MR) is 128 cm³/mol. The highest BCUT2D eigenvalue weighted by Crippen LogP contribution is 2.47. The van der Waals surface area contributed by atoms with Crippen molar-refractivity contribution in [3.05, 3.63) is 46.3 Å². The smallest absolute Gasteiger partial charge is 0.337 e. The first-order chi connectivity index (χ1) is 16.8. The van der Waals surface area contributed by atoms with Gasteiger partial charge in [-0.25, -0.2) is 4.79 Å². The van der Waals surface area contributed by atoms with Gasteiger partial charge in [-0.2, -0.15) is 0 Å². The zero-order valence-electron chi connectivity index (χ0n) is 20.7. The molecule has 1 fully saturated rings. The number of esters is 2. The Kier molecular flexibility index (Phi) is 7.19. The summed E-state index contributed by atoms with van der Waals surface area (Å²) >= 11 is 0. The quantitative estimate of drug-likeness (QED) is 0.479. The molecule has 1 aliphatic heterocycles. The van der Waals surface area contributed by atoms with E-state index in [1.807, 2.05) is 6.92 Å². The Balaban J connectivity index is 1.82. The van der Waals surface area contributed by atoms with Gasteiger partial charge in [0.05, 0.1) is 19.8 Å². The van der Waals surface area contributed by atoms with Gasteiger partial charge in [-0.1, -0.05) is 19.4 Å². The average molecular weight is 484 g/mol. The van der Waals surface area contributed by atoms with Crippen LogP contribution in [0, 0.1) is 11.8 Å². The van der Waals surface area contributed by atoms with Gasteiger partial charge in [0, 0.05) is 22.9 Å². The number of benzene rings is 1. The fourth-order valence-electron chi connectivity index (χ4n) is 5.56. The van der Waals surface area contributed by atoms with Crippen molar-refractivity contribution in [1.82, 2.24) is 5.32 Å². The number of hydrogen-bond donors (Lipinski definition) is 2. The van der Waals surface area contributed by atoms with Crippen molar-refractivity contribution in [3.8, 4) is 11.5 Å². The molecule has 1 saturated carbocycles. The second kappa shape index (κ2) is 10.1. The van der Waals surface area contributed by atoms with E-state index in [0.717, 1.165) is 32.1 Å². The van der Waals surface area contributed by atoms with Gasteiger partial charge in [0.2, 0.25) is 0 Å². The largest absolute Gasteiger partial charge is 0.504 e. The van der Waals surface area contributed by atoms with E-state index in [1.54, 1.807) is 19.1 Å². The molecular formula is C27H33NO7. The summed E-state index contributed by atoms with van der Waals surface area (Å²) < 4.78 is 16.2. The molecule has 0 unspecified atom stereocenters. The summed E-state index contributed by atoms with van der Waals surface area (Å²) in [6, 6.07) is 4.76. The van der Waals surface area contributed by atoms with Crippen LogP contribution in [0.1, 0.15) is 63.9 Å². The Morgan fingerprint density at radius 3 is 2.49 bits per heavy atom. The first-order valence-electron chi connectivity index (χ1n) is 12.2. The van der Waals surface area contributed by atoms with Crippen molar-refractivity contribution in [2.45, 2.75) is 64.4 Å². The fourth-order valence-corrected chi connectivity index (χ4v) is 5.56. The number of ketones is 1. The number of carbonyl (C=O) groups is 3. The molecule has 2 N–H and O–H groups in total. The van der Waals surface area contributed by atoms with Crippen LogP contribution < -0.4 is 10.1 Å². The summed E-state index contributed by atoms with van der Waals surface area (Å²) in [6.07, 6.45) is 5.08. The van der Waals surface area contributed by atoms with E-state index in [2.05, 4.69) is 5.32 Å². The second-order valence-corrected chi connectivity index (χ2v) is 9.63. The zero-order chi connectivity index (χ0) is 25.3. The number of Topliss-reactive ketones (excluding diaryl/α,β-unsaturated/α-hetero) is 1. The van der Waals surface area contributed by atoms with Crippen LogP contribution in [0.3, 0.4) is 0 Å². The number of hydrogen-bond acceptors (Lipinski definition) is 8. The first kappa shape index (κ1) is 24.8. The van der Waals surface area contributed by atoms with Crippen molar-refractivity contribution in [1.29, 1.82) is 0 Å². The average Bonchev–Trinajstić information content (AvgIpc) is 2.83. The molecule has 8 heteroatoms. The van der Waals surface area contributed by atoms with E-state index in [0.29, 0.717) is 34.5 Å². The van der Waals surface area contributed by atoms with E-state index in [4.69, 9.17) is 14.2 Å². The van der Waals surface area contributed by atoms with Gasteiger partial charge in [0.15, 0.2) is 17.3 Å². The highest BCUT2D eigenvalue weighted by molar-refractivity contribution is 6.12. The molecule has 0 bridgehead atoms. The minimum absolute atomic E-state index is 0.0533. The lowest BCUT2D eigenvalue weighted by Gasteiger charge is -2.38. The molecule has 1 heterocycles. The van der Waals surface area contributed by atoms with Crippen LogP contribution in [-0.4, -0.2) is 43.2 Å². The van der Waals surface area contributed by atoms with Crippen LogP contribution in [0.25, 0.3) is 0 Å². The molecular weight excluding hydrogens is 450 g/mol. The Labute approximate surface area is 205 Å². The van der Waals surface area contributed by atoms with Gasteiger partial charge in [0.1, 0.15) is 12.0 Å². The summed E-state index contributed by atoms with van der Waals surface area (Å²) in [7, 11) is 2.71. The third-order valence-electron chi connectivity index (χ3n) is 7.33. The molecule has 8 nitrogen and oxygen atoms in total. The molecule has 35 heavy (non-hydrogen) atoms. The number of rotatable bonds is 5. The first-order valence-corrected chi connectivity index (χ1v) is 12.2. The maximum absolute atomic E-state index is 13.8. The maximum Gasteiger partial charge on any atom is 0.337 e. The minimum Gasteiger partial charge on any atom is -0.504 e. The molecule has 0 aromatic heterocycles. The lowest BCUT2D eigenvalue weighted by Crippen LogP contribution is -2.43. The normalized spacial score (nSPS) is 25.0. The highest BCUT2D eigenvalue weighted by atomic mass is 16.5. The Hall–Kier alpha value is -3.29. The molecule has 2 aliphatic carbocycles. The van der Waals surface area contributed by atoms with Crippen molar-refractivity contribution in [2.75, 3.05) is 14.2 Å². The number of nitrogens with one attached hydrogen (secondary N) is 1. The Morgan fingerprint density at radius 2 is 1.83 bits per heavy atom. The number of phenolic OH excluding ortho intramolecular Hbond substituents is 1. The van der Waals surface area contributed by atoms with E-state index in [-0.39, 0.29) is 29.3 Å². The molecule has 188 valence electrons. The van der Waals surface area contributed by atoms with E-state index < -0.39 is 23.8 Å². The van der Waals surface area contributed by atoms with Crippen LogP contribution in [0.2, 0.25) is 0 Å². The molecule has 0 amide bonds. The summed E-state index contributed by atoms with van der Waals surface area (Å²) in [6.45, 7) is 3.64. The maximum atomic E-state index is 13.8. The molecule has 0 saturated heterocycles. The van der Waals surface area contributed by atoms with Crippen molar-refractivity contribution >= 4 is 17.7 Å². The minimum atomic E-state index is -0.962. The number of aromatic hydroxyl groups is 1. The van der Waals surface area contributed by atoms with Crippen molar-refractivity contribution < 1.29 is 33.7 Å². The second-order valence-electron chi connectivity index (χ2n) is 9.63. The standard InChI is InChI=1S/C27H33NO7/c1-14-12-18-24(25(30)21(14)26(31)34-4)23(16-10-11-19(29)20(13-16)33-3)22(15(2)28-18)27(32)35-17-8-6-5-7-9-17/h10-11,13-14,17,21,23,28-29H,5-9,12H2,1-4H3/t14-,21-,23-/m1/s1. The summed E-state index contributed by atoms with van der Waals surface area (Å²) in [4.78, 5) is 39.9. The number of ether oxygens (including phenoxy) is 3. The van der Waals surface area contributed by atoms with Gasteiger partial charge < -0.3 is 24.6 Å². The number of dihydropyridines is 1. The van der Waals surface area contributed by atoms with Crippen LogP contribution in [-0.2, 0) is 23.9 Å². The van der Waals surface area contributed by atoms with Gasteiger partial charge in [-0.15, -0.1) is 0 Å². The van der Waals surface area contributed by atoms with Crippen LogP contribution in [0.15, 0.2) is 40.7 Å². The monoisotopic (exact) mass is 483 g/mol. The third kappa shape index (κ3) is 4.66. The zero-order valence-corrected chi connectivity index (χ0v) is 20.7. The highest BCUT2D eigenvalue weighted by Gasteiger charge is 2.47. The van der Waals surface area contributed by atoms with Gasteiger partial charge in [0.25, 0.3) is 0 Å². The molecule has 1 aromatic carbocycles. The van der Waals surface area contributed by atoms with E-state index >= 15 is 0 Å². The third-order valence-corrected chi connectivity index (χ3v) is 7.33. The Morgan fingerprint density at radius 1 is 1.11 bits per heavy atom. The lowest BCUT2D eigenvalue weighted by atomic mass is 9.69. The number of phenols is 1.